The number of hydrogen-bond donors (Lipinski definition) is 0. The van der Waals surface area contributed by atoms with E-state index < -0.39 is 5.41 Å². The van der Waals surface area contributed by atoms with Crippen LogP contribution in [0.3, 0.4) is 0 Å². The second-order valence-corrected chi connectivity index (χ2v) is 11.9. The molecule has 0 radical (unpaired) electrons. The molecule has 4 aromatic rings. The average molecular weight is 656 g/mol. The van der Waals surface area contributed by atoms with Crippen LogP contribution in [0.1, 0.15) is 77.9 Å². The summed E-state index contributed by atoms with van der Waals surface area (Å²) in [5.41, 5.74) is 8.02. The Morgan fingerprint density at radius 1 is 0.556 bits per heavy atom. The zero-order chi connectivity index (χ0) is 25.4. The monoisotopic (exact) mass is 655 g/mol. The summed E-state index contributed by atoms with van der Waals surface area (Å²) in [7, 11) is 0. The van der Waals surface area contributed by atoms with E-state index in [1.807, 2.05) is 36.4 Å². The van der Waals surface area contributed by atoms with Crippen LogP contribution in [0.15, 0.2) is 72.8 Å². The van der Waals surface area contributed by atoms with Gasteiger partial charge in [-0.05, 0) is 59.3 Å². The maximum atomic E-state index is 5.18. The SMILES string of the molecule is CC(C)(C)c1cc(-c2[c-]cccc2)nc(C(C)(C)c2cc(C(C)(C)C)cc(-c3[c-]cccc3)n2)c1.[Pt+2]. The summed E-state index contributed by atoms with van der Waals surface area (Å²) in [5.74, 6) is 0. The number of aromatic nitrogens is 2. The van der Waals surface area contributed by atoms with E-state index in [9.17, 15) is 0 Å². The molecule has 0 amide bonds. The van der Waals surface area contributed by atoms with Gasteiger partial charge in [-0.1, -0.05) is 53.7 Å². The number of pyridine rings is 2. The molecule has 0 aliphatic carbocycles. The minimum absolute atomic E-state index is 0. The second kappa shape index (κ2) is 10.4. The van der Waals surface area contributed by atoms with Gasteiger partial charge in [0.1, 0.15) is 0 Å². The van der Waals surface area contributed by atoms with Crippen LogP contribution >= 0.6 is 0 Å². The molecule has 0 unspecified atom stereocenters. The first-order chi connectivity index (χ1) is 16.4. The molecular formula is C33H36N2Pt. The number of benzene rings is 2. The maximum Gasteiger partial charge on any atom is 2.00 e. The molecule has 2 heterocycles. The molecule has 0 aliphatic heterocycles. The predicted octanol–water partition coefficient (Wildman–Crippen LogP) is 8.33. The van der Waals surface area contributed by atoms with Crippen molar-refractivity contribution in [3.05, 3.63) is 107 Å². The van der Waals surface area contributed by atoms with Gasteiger partial charge in [0, 0.05) is 16.8 Å². The average Bonchev–Trinajstić information content (AvgIpc) is 2.83. The maximum absolute atomic E-state index is 5.18. The third kappa shape index (κ3) is 6.04. The van der Waals surface area contributed by atoms with Gasteiger partial charge in [-0.3, -0.25) is 0 Å². The predicted molar refractivity (Wildman–Crippen MR) is 147 cm³/mol. The molecule has 2 nitrogen and oxygen atoms in total. The van der Waals surface area contributed by atoms with Crippen LogP contribution in [0.25, 0.3) is 22.5 Å². The Morgan fingerprint density at radius 2 is 0.944 bits per heavy atom. The van der Waals surface area contributed by atoms with Gasteiger partial charge in [-0.15, -0.1) is 71.8 Å². The zero-order valence-electron chi connectivity index (χ0n) is 22.6. The van der Waals surface area contributed by atoms with Gasteiger partial charge >= 0.3 is 21.1 Å². The van der Waals surface area contributed by atoms with E-state index in [1.54, 1.807) is 0 Å². The molecule has 0 atom stereocenters. The summed E-state index contributed by atoms with van der Waals surface area (Å²) >= 11 is 0. The Kier molecular flexibility index (Phi) is 8.11. The van der Waals surface area contributed by atoms with E-state index in [2.05, 4.69) is 104 Å². The second-order valence-electron chi connectivity index (χ2n) is 11.9. The van der Waals surface area contributed by atoms with E-state index >= 15 is 0 Å². The molecule has 2 aromatic heterocycles. The topological polar surface area (TPSA) is 25.8 Å². The van der Waals surface area contributed by atoms with E-state index in [-0.39, 0.29) is 31.9 Å². The van der Waals surface area contributed by atoms with E-state index in [1.165, 1.54) is 11.1 Å². The van der Waals surface area contributed by atoms with Gasteiger partial charge in [0.05, 0.1) is 0 Å². The molecule has 0 aliphatic rings. The molecule has 4 rings (SSSR count). The third-order valence-corrected chi connectivity index (χ3v) is 6.63. The Labute approximate surface area is 231 Å². The molecule has 0 bridgehead atoms. The van der Waals surface area contributed by atoms with Crippen LogP contribution in [-0.2, 0) is 37.3 Å². The fourth-order valence-corrected chi connectivity index (χ4v) is 4.08. The van der Waals surface area contributed by atoms with Gasteiger partial charge in [0.15, 0.2) is 0 Å². The van der Waals surface area contributed by atoms with Crippen molar-refractivity contribution in [3.63, 3.8) is 0 Å². The van der Waals surface area contributed by atoms with Crippen molar-refractivity contribution >= 4 is 0 Å². The fourth-order valence-electron chi connectivity index (χ4n) is 4.08. The fraction of sp³-hybridized carbons (Fsp3) is 0.333. The zero-order valence-corrected chi connectivity index (χ0v) is 24.9. The van der Waals surface area contributed by atoms with Gasteiger partial charge in [-0.25, -0.2) is 0 Å². The molecule has 188 valence electrons. The minimum Gasteiger partial charge on any atom is -0.300 e. The summed E-state index contributed by atoms with van der Waals surface area (Å²) in [4.78, 5) is 10.4. The standard InChI is InChI=1S/C33H36N2.Pt/c1-31(2,3)25-19-27(23-15-11-9-12-16-23)34-29(21-25)33(7,8)30-22-26(32(4,5)6)20-28(35-30)24-17-13-10-14-18-24;/h9-15,17,19-22H,1-8H3;/q-2;+2. The van der Waals surface area contributed by atoms with E-state index in [4.69, 9.17) is 9.97 Å². The van der Waals surface area contributed by atoms with Crippen molar-refractivity contribution < 1.29 is 21.1 Å². The first-order valence-electron chi connectivity index (χ1n) is 12.4. The molecule has 0 spiro atoms. The van der Waals surface area contributed by atoms with Gasteiger partial charge in [-0.2, -0.15) is 0 Å². The van der Waals surface area contributed by atoms with Crippen molar-refractivity contribution in [3.8, 4) is 22.5 Å². The molecule has 2 aromatic carbocycles. The van der Waals surface area contributed by atoms with Crippen molar-refractivity contribution in [2.75, 3.05) is 0 Å². The smallest absolute Gasteiger partial charge is 0.300 e. The van der Waals surface area contributed by atoms with Crippen molar-refractivity contribution in [2.24, 2.45) is 0 Å². The first-order valence-corrected chi connectivity index (χ1v) is 12.4. The molecule has 0 N–H and O–H groups in total. The first kappa shape index (κ1) is 28.0. The van der Waals surface area contributed by atoms with Crippen molar-refractivity contribution in [2.45, 2.75) is 71.6 Å². The Bertz CT molecular complexity index is 1210. The van der Waals surface area contributed by atoms with Crippen LogP contribution in [0.5, 0.6) is 0 Å². The molecule has 0 saturated carbocycles. The van der Waals surface area contributed by atoms with Crippen LogP contribution in [0.4, 0.5) is 0 Å². The van der Waals surface area contributed by atoms with Crippen LogP contribution in [0.2, 0.25) is 0 Å². The van der Waals surface area contributed by atoms with Gasteiger partial charge in [0.25, 0.3) is 0 Å². The third-order valence-electron chi connectivity index (χ3n) is 6.63. The number of nitrogens with zero attached hydrogens (tertiary/aromatic N) is 2. The molecular weight excluding hydrogens is 619 g/mol. The van der Waals surface area contributed by atoms with E-state index in [0.717, 1.165) is 33.9 Å². The Hall–Kier alpha value is -2.57. The number of hydrogen-bond acceptors (Lipinski definition) is 2. The van der Waals surface area contributed by atoms with E-state index in [0.29, 0.717) is 0 Å². The van der Waals surface area contributed by atoms with Crippen LogP contribution in [0, 0.1) is 12.1 Å². The molecule has 0 saturated heterocycles. The van der Waals surface area contributed by atoms with Crippen molar-refractivity contribution in [1.82, 2.24) is 9.97 Å². The summed E-state index contributed by atoms with van der Waals surface area (Å²) in [5, 5.41) is 0. The largest absolute Gasteiger partial charge is 2.00 e. The van der Waals surface area contributed by atoms with Crippen molar-refractivity contribution in [1.29, 1.82) is 0 Å². The molecule has 0 fully saturated rings. The normalized spacial score (nSPS) is 12.2. The van der Waals surface area contributed by atoms with Crippen LogP contribution < -0.4 is 0 Å². The summed E-state index contributed by atoms with van der Waals surface area (Å²) in [6.07, 6.45) is 0. The molecule has 36 heavy (non-hydrogen) atoms. The molecule has 3 heteroatoms. The minimum atomic E-state index is -0.407. The van der Waals surface area contributed by atoms with Gasteiger partial charge in [0.2, 0.25) is 0 Å². The van der Waals surface area contributed by atoms with Crippen LogP contribution in [-0.4, -0.2) is 9.97 Å². The van der Waals surface area contributed by atoms with Gasteiger partial charge < -0.3 is 9.97 Å². The number of rotatable bonds is 4. The summed E-state index contributed by atoms with van der Waals surface area (Å²) in [6, 6.07) is 31.8. The Balaban J connectivity index is 0.00000361. The quantitative estimate of drug-likeness (QED) is 0.207. The summed E-state index contributed by atoms with van der Waals surface area (Å²) in [6.45, 7) is 18.0. The summed E-state index contributed by atoms with van der Waals surface area (Å²) < 4.78 is 0. The Morgan fingerprint density at radius 3 is 1.25 bits per heavy atom.